The van der Waals surface area contributed by atoms with Gasteiger partial charge in [-0.2, -0.15) is 5.10 Å². The lowest BCUT2D eigenvalue weighted by Crippen LogP contribution is -2.14. The monoisotopic (exact) mass is 265 g/mol. The maximum atomic E-state index is 6.07. The van der Waals surface area contributed by atoms with Gasteiger partial charge in [-0.1, -0.05) is 6.92 Å². The SMILES string of the molecule is CCC(Nc1c(N)c(C)nn1CC)c1nccs1. The molecule has 98 valence electrons. The molecule has 1 unspecified atom stereocenters. The van der Waals surface area contributed by atoms with Crippen molar-refractivity contribution in [3.8, 4) is 0 Å². The van der Waals surface area contributed by atoms with Gasteiger partial charge in [-0.25, -0.2) is 9.67 Å². The normalized spacial score (nSPS) is 12.6. The summed E-state index contributed by atoms with van der Waals surface area (Å²) in [5.74, 6) is 0.900. The van der Waals surface area contributed by atoms with E-state index >= 15 is 0 Å². The predicted molar refractivity (Wildman–Crippen MR) is 75.8 cm³/mol. The first-order valence-electron chi connectivity index (χ1n) is 6.16. The molecule has 0 aliphatic heterocycles. The van der Waals surface area contributed by atoms with Crippen molar-refractivity contribution in [2.75, 3.05) is 11.1 Å². The molecule has 0 aliphatic carbocycles. The van der Waals surface area contributed by atoms with Gasteiger partial charge < -0.3 is 11.1 Å². The van der Waals surface area contributed by atoms with Crippen LogP contribution >= 0.6 is 11.3 Å². The van der Waals surface area contributed by atoms with Gasteiger partial charge in [-0.3, -0.25) is 0 Å². The summed E-state index contributed by atoms with van der Waals surface area (Å²) in [6.07, 6.45) is 2.79. The molecule has 0 saturated carbocycles. The van der Waals surface area contributed by atoms with E-state index < -0.39 is 0 Å². The first-order chi connectivity index (χ1) is 8.67. The van der Waals surface area contributed by atoms with Crippen LogP contribution in [-0.2, 0) is 6.54 Å². The number of nitrogens with one attached hydrogen (secondary N) is 1. The lowest BCUT2D eigenvalue weighted by atomic mass is 10.2. The van der Waals surface area contributed by atoms with Crippen LogP contribution in [0.5, 0.6) is 0 Å². The summed E-state index contributed by atoms with van der Waals surface area (Å²) in [4.78, 5) is 4.36. The molecule has 0 amide bonds. The van der Waals surface area contributed by atoms with Crippen LogP contribution < -0.4 is 11.1 Å². The van der Waals surface area contributed by atoms with Crippen molar-refractivity contribution < 1.29 is 0 Å². The van der Waals surface area contributed by atoms with Crippen LogP contribution in [-0.4, -0.2) is 14.8 Å². The van der Waals surface area contributed by atoms with Crippen molar-refractivity contribution in [2.24, 2.45) is 0 Å². The van der Waals surface area contributed by atoms with Crippen LogP contribution in [0, 0.1) is 6.92 Å². The van der Waals surface area contributed by atoms with E-state index in [-0.39, 0.29) is 6.04 Å². The van der Waals surface area contributed by atoms with E-state index in [1.807, 2.05) is 23.2 Å². The third kappa shape index (κ3) is 2.33. The molecule has 18 heavy (non-hydrogen) atoms. The minimum Gasteiger partial charge on any atom is -0.394 e. The second-order valence-corrected chi connectivity index (χ2v) is 5.07. The summed E-state index contributed by atoms with van der Waals surface area (Å²) in [5.41, 5.74) is 7.67. The average molecular weight is 265 g/mol. The van der Waals surface area contributed by atoms with Crippen LogP contribution in [0.1, 0.15) is 37.0 Å². The van der Waals surface area contributed by atoms with Gasteiger partial charge in [0.05, 0.1) is 17.4 Å². The summed E-state index contributed by atoms with van der Waals surface area (Å²) in [7, 11) is 0. The molecule has 3 N–H and O–H groups in total. The number of anilines is 2. The molecular formula is C12H19N5S. The molecule has 0 saturated heterocycles. The number of rotatable bonds is 5. The maximum Gasteiger partial charge on any atom is 0.148 e. The van der Waals surface area contributed by atoms with Gasteiger partial charge in [0, 0.05) is 18.1 Å². The van der Waals surface area contributed by atoms with Gasteiger partial charge in [0.25, 0.3) is 0 Å². The van der Waals surface area contributed by atoms with Crippen molar-refractivity contribution in [3.63, 3.8) is 0 Å². The van der Waals surface area contributed by atoms with Crippen LogP contribution in [0.15, 0.2) is 11.6 Å². The Hall–Kier alpha value is -1.56. The molecule has 2 aromatic heterocycles. The molecule has 1 atom stereocenters. The van der Waals surface area contributed by atoms with E-state index in [0.29, 0.717) is 0 Å². The molecule has 6 heteroatoms. The molecule has 5 nitrogen and oxygen atoms in total. The number of aromatic nitrogens is 3. The number of nitrogens with zero attached hydrogens (tertiary/aromatic N) is 3. The summed E-state index contributed by atoms with van der Waals surface area (Å²) >= 11 is 1.66. The number of aryl methyl sites for hydroxylation is 2. The van der Waals surface area contributed by atoms with Crippen LogP contribution in [0.4, 0.5) is 11.5 Å². The molecule has 2 aromatic rings. The minimum absolute atomic E-state index is 0.189. The fourth-order valence-electron chi connectivity index (χ4n) is 1.89. The van der Waals surface area contributed by atoms with Gasteiger partial charge in [0.1, 0.15) is 10.8 Å². The zero-order chi connectivity index (χ0) is 13.1. The molecule has 0 fully saturated rings. The van der Waals surface area contributed by atoms with Crippen LogP contribution in [0.25, 0.3) is 0 Å². The highest BCUT2D eigenvalue weighted by Crippen LogP contribution is 2.29. The lowest BCUT2D eigenvalue weighted by Gasteiger charge is -2.17. The standard InChI is InChI=1S/C12H19N5S/c1-4-9(12-14-6-7-18-12)15-11-10(13)8(3)16-17(11)5-2/h6-7,9,15H,4-5,13H2,1-3H3. The molecule has 0 aliphatic rings. The number of hydrogen-bond acceptors (Lipinski definition) is 5. The Morgan fingerprint density at radius 2 is 2.28 bits per heavy atom. The van der Waals surface area contributed by atoms with Crippen LogP contribution in [0.2, 0.25) is 0 Å². The molecule has 0 aromatic carbocycles. The summed E-state index contributed by atoms with van der Waals surface area (Å²) < 4.78 is 1.90. The van der Waals surface area contributed by atoms with Crippen molar-refractivity contribution in [2.45, 2.75) is 39.8 Å². The van der Waals surface area contributed by atoms with E-state index in [0.717, 1.165) is 35.2 Å². The lowest BCUT2D eigenvalue weighted by molar-refractivity contribution is 0.641. The van der Waals surface area contributed by atoms with Crippen molar-refractivity contribution >= 4 is 22.8 Å². The second kappa shape index (κ2) is 5.39. The minimum atomic E-state index is 0.189. The Morgan fingerprint density at radius 1 is 1.50 bits per heavy atom. The predicted octanol–water partition coefficient (Wildman–Crippen LogP) is 2.81. The van der Waals surface area contributed by atoms with E-state index in [1.54, 1.807) is 11.3 Å². The summed E-state index contributed by atoms with van der Waals surface area (Å²) in [6.45, 7) is 6.92. The number of thiazole rings is 1. The Labute approximate surface area is 111 Å². The number of nitrogens with two attached hydrogens (primary N) is 1. The highest BCUT2D eigenvalue weighted by molar-refractivity contribution is 7.09. The zero-order valence-electron chi connectivity index (χ0n) is 11.0. The van der Waals surface area contributed by atoms with Gasteiger partial charge in [-0.05, 0) is 20.3 Å². The Morgan fingerprint density at radius 3 is 2.83 bits per heavy atom. The fourth-order valence-corrected chi connectivity index (χ4v) is 2.66. The smallest absolute Gasteiger partial charge is 0.148 e. The third-order valence-electron chi connectivity index (χ3n) is 2.94. The first kappa shape index (κ1) is 12.9. The highest BCUT2D eigenvalue weighted by Gasteiger charge is 2.17. The number of hydrogen-bond donors (Lipinski definition) is 2. The van der Waals surface area contributed by atoms with Crippen LogP contribution in [0.3, 0.4) is 0 Å². The largest absolute Gasteiger partial charge is 0.394 e. The summed E-state index contributed by atoms with van der Waals surface area (Å²) in [6, 6.07) is 0.189. The quantitative estimate of drug-likeness (QED) is 0.872. The van der Waals surface area contributed by atoms with E-state index in [4.69, 9.17) is 5.73 Å². The fraction of sp³-hybridized carbons (Fsp3) is 0.500. The Balaban J connectivity index is 2.27. The van der Waals surface area contributed by atoms with E-state index in [2.05, 4.69) is 29.2 Å². The van der Waals surface area contributed by atoms with Crippen molar-refractivity contribution in [1.29, 1.82) is 0 Å². The first-order valence-corrected chi connectivity index (χ1v) is 7.04. The third-order valence-corrected chi connectivity index (χ3v) is 3.83. The molecule has 0 bridgehead atoms. The topological polar surface area (TPSA) is 68.8 Å². The molecular weight excluding hydrogens is 246 g/mol. The zero-order valence-corrected chi connectivity index (χ0v) is 11.8. The van der Waals surface area contributed by atoms with Crippen molar-refractivity contribution in [3.05, 3.63) is 22.3 Å². The molecule has 2 heterocycles. The average Bonchev–Trinajstić information content (AvgIpc) is 2.98. The van der Waals surface area contributed by atoms with Gasteiger partial charge in [0.2, 0.25) is 0 Å². The summed E-state index contributed by atoms with van der Waals surface area (Å²) in [5, 5.41) is 10.9. The van der Waals surface area contributed by atoms with Gasteiger partial charge >= 0.3 is 0 Å². The Bertz CT molecular complexity index is 503. The molecule has 2 rings (SSSR count). The van der Waals surface area contributed by atoms with Gasteiger partial charge in [-0.15, -0.1) is 11.3 Å². The Kier molecular flexibility index (Phi) is 3.86. The highest BCUT2D eigenvalue weighted by atomic mass is 32.1. The van der Waals surface area contributed by atoms with E-state index in [9.17, 15) is 0 Å². The number of nitrogen functional groups attached to an aromatic ring is 1. The molecule has 0 radical (unpaired) electrons. The van der Waals surface area contributed by atoms with Crippen molar-refractivity contribution in [1.82, 2.24) is 14.8 Å². The second-order valence-electron chi connectivity index (χ2n) is 4.14. The maximum absolute atomic E-state index is 6.07. The van der Waals surface area contributed by atoms with E-state index in [1.165, 1.54) is 0 Å². The van der Waals surface area contributed by atoms with Gasteiger partial charge in [0.15, 0.2) is 0 Å². The molecule has 0 spiro atoms.